The molecule has 1 N–H and O–H groups in total. The first-order chi connectivity index (χ1) is 16.3. The largest absolute Gasteiger partial charge is 0.455 e. The Labute approximate surface area is 204 Å². The molecule has 0 unspecified atom stereocenters. The van der Waals surface area contributed by atoms with Crippen LogP contribution in [0.15, 0.2) is 42.5 Å². The van der Waals surface area contributed by atoms with Crippen LogP contribution in [-0.2, 0) is 33.6 Å². The average Bonchev–Trinajstić information content (AvgIpc) is 3.18. The van der Waals surface area contributed by atoms with Crippen molar-refractivity contribution in [2.45, 2.75) is 52.9 Å². The maximum Gasteiger partial charge on any atom is 0.310 e. The highest BCUT2D eigenvalue weighted by molar-refractivity contribution is 7.17. The summed E-state index contributed by atoms with van der Waals surface area (Å²) in [5, 5.41) is 3.40. The lowest BCUT2D eigenvalue weighted by Crippen LogP contribution is -2.22. The van der Waals surface area contributed by atoms with E-state index in [1.54, 1.807) is 0 Å². The Hall–Kier alpha value is -3.25. The van der Waals surface area contributed by atoms with E-state index < -0.39 is 11.9 Å². The maximum atomic E-state index is 13.4. The van der Waals surface area contributed by atoms with Crippen LogP contribution in [0.2, 0.25) is 0 Å². The van der Waals surface area contributed by atoms with Crippen LogP contribution in [0.25, 0.3) is 0 Å². The Balaban J connectivity index is 1.45. The Morgan fingerprint density at radius 1 is 0.941 bits per heavy atom. The summed E-state index contributed by atoms with van der Waals surface area (Å²) in [4.78, 5) is 39.4. The molecule has 6 heteroatoms. The van der Waals surface area contributed by atoms with Crippen LogP contribution in [0.1, 0.15) is 61.5 Å². The monoisotopic (exact) mass is 475 g/mol. The topological polar surface area (TPSA) is 72.5 Å². The van der Waals surface area contributed by atoms with Crippen LogP contribution in [0.4, 0.5) is 5.00 Å². The van der Waals surface area contributed by atoms with Crippen molar-refractivity contribution < 1.29 is 19.1 Å². The summed E-state index contributed by atoms with van der Waals surface area (Å²) in [7, 11) is 0. The number of ether oxygens (including phenoxy) is 1. The molecule has 5 nitrogen and oxygen atoms in total. The Morgan fingerprint density at radius 2 is 1.68 bits per heavy atom. The number of ketones is 1. The van der Waals surface area contributed by atoms with Crippen molar-refractivity contribution in [1.82, 2.24) is 0 Å². The van der Waals surface area contributed by atoms with Gasteiger partial charge in [0.25, 0.3) is 5.91 Å². The molecule has 2 aromatic carbocycles. The van der Waals surface area contributed by atoms with Crippen molar-refractivity contribution in [2.75, 3.05) is 11.9 Å². The van der Waals surface area contributed by atoms with E-state index in [4.69, 9.17) is 4.74 Å². The minimum absolute atomic E-state index is 0.0820. The number of anilines is 1. The fourth-order valence-corrected chi connectivity index (χ4v) is 5.49. The lowest BCUT2D eigenvalue weighted by molar-refractivity contribution is -0.146. The standard InChI is InChI=1S/C28H29NO4S/c1-17-8-12-21(13-9-17)27(32)26-22-6-4-5-7-23(22)34-28(26)29-24(30)16-33-25(31)15-20-11-10-18(2)19(3)14-20/h8-14H,4-7,15-16H2,1-3H3,(H,29,30). The van der Waals surface area contributed by atoms with Gasteiger partial charge in [0.1, 0.15) is 5.00 Å². The molecule has 0 radical (unpaired) electrons. The summed E-state index contributed by atoms with van der Waals surface area (Å²) in [6.45, 7) is 5.60. The number of carbonyl (C=O) groups excluding carboxylic acids is 3. The Kier molecular flexibility index (Phi) is 7.27. The van der Waals surface area contributed by atoms with Crippen molar-refractivity contribution in [2.24, 2.45) is 0 Å². The molecule has 0 atom stereocenters. The smallest absolute Gasteiger partial charge is 0.310 e. The van der Waals surface area contributed by atoms with E-state index in [0.717, 1.165) is 58.4 Å². The lowest BCUT2D eigenvalue weighted by Gasteiger charge is -2.13. The summed E-state index contributed by atoms with van der Waals surface area (Å²) < 4.78 is 5.22. The predicted molar refractivity (Wildman–Crippen MR) is 135 cm³/mol. The number of amides is 1. The van der Waals surface area contributed by atoms with Crippen LogP contribution in [-0.4, -0.2) is 24.3 Å². The van der Waals surface area contributed by atoms with Crippen molar-refractivity contribution in [3.8, 4) is 0 Å². The molecule has 0 saturated heterocycles. The van der Waals surface area contributed by atoms with Crippen molar-refractivity contribution in [3.05, 3.63) is 86.3 Å². The molecule has 176 valence electrons. The molecule has 1 amide bonds. The minimum atomic E-state index is -0.458. The summed E-state index contributed by atoms with van der Waals surface area (Å²) in [6, 6.07) is 13.3. The Bertz CT molecular complexity index is 1240. The van der Waals surface area contributed by atoms with Crippen LogP contribution >= 0.6 is 11.3 Å². The van der Waals surface area contributed by atoms with Gasteiger partial charge in [-0.15, -0.1) is 11.3 Å². The van der Waals surface area contributed by atoms with Crippen molar-refractivity contribution in [1.29, 1.82) is 0 Å². The molecule has 0 fully saturated rings. The number of carbonyl (C=O) groups is 3. The highest BCUT2D eigenvalue weighted by Crippen LogP contribution is 2.39. The second kappa shape index (κ2) is 10.3. The number of hydrogen-bond donors (Lipinski definition) is 1. The molecule has 0 saturated carbocycles. The lowest BCUT2D eigenvalue weighted by atomic mass is 9.91. The van der Waals surface area contributed by atoms with E-state index in [1.165, 1.54) is 11.3 Å². The van der Waals surface area contributed by atoms with Crippen LogP contribution in [0.5, 0.6) is 0 Å². The molecule has 0 spiro atoms. The first-order valence-corrected chi connectivity index (χ1v) is 12.4. The van der Waals surface area contributed by atoms with Gasteiger partial charge in [0, 0.05) is 10.4 Å². The second-order valence-electron chi connectivity index (χ2n) is 8.91. The zero-order valence-electron chi connectivity index (χ0n) is 19.8. The maximum absolute atomic E-state index is 13.4. The molecule has 1 heterocycles. The van der Waals surface area contributed by atoms with Crippen molar-refractivity contribution in [3.63, 3.8) is 0 Å². The summed E-state index contributed by atoms with van der Waals surface area (Å²) in [6.07, 6.45) is 3.96. The number of nitrogens with one attached hydrogen (secondary N) is 1. The number of esters is 1. The third-order valence-electron chi connectivity index (χ3n) is 6.25. The Morgan fingerprint density at radius 3 is 2.41 bits per heavy atom. The minimum Gasteiger partial charge on any atom is -0.455 e. The highest BCUT2D eigenvalue weighted by Gasteiger charge is 2.27. The normalized spacial score (nSPS) is 12.7. The van der Waals surface area contributed by atoms with Crippen LogP contribution < -0.4 is 5.32 Å². The molecule has 34 heavy (non-hydrogen) atoms. The predicted octanol–water partition coefficient (Wildman–Crippen LogP) is 5.51. The fraction of sp³-hybridized carbons (Fsp3) is 0.321. The summed E-state index contributed by atoms with van der Waals surface area (Å²) in [5.74, 6) is -0.980. The molecule has 1 aromatic heterocycles. The van der Waals surface area contributed by atoms with Crippen LogP contribution in [0.3, 0.4) is 0 Å². The van der Waals surface area contributed by atoms with Gasteiger partial charge in [0.15, 0.2) is 12.4 Å². The van der Waals surface area contributed by atoms with E-state index in [1.807, 2.05) is 63.2 Å². The molecule has 0 bridgehead atoms. The third kappa shape index (κ3) is 5.45. The molecule has 4 rings (SSSR count). The quantitative estimate of drug-likeness (QED) is 0.361. The van der Waals surface area contributed by atoms with Gasteiger partial charge >= 0.3 is 5.97 Å². The van der Waals surface area contributed by atoms with Gasteiger partial charge in [-0.2, -0.15) is 0 Å². The van der Waals surface area contributed by atoms with Crippen LogP contribution in [0, 0.1) is 20.8 Å². The van der Waals surface area contributed by atoms with E-state index in [0.29, 0.717) is 16.1 Å². The van der Waals surface area contributed by atoms with Gasteiger partial charge in [0.05, 0.1) is 12.0 Å². The second-order valence-corrected chi connectivity index (χ2v) is 10.0. The molecule has 0 aliphatic heterocycles. The summed E-state index contributed by atoms with van der Waals surface area (Å²) >= 11 is 1.46. The SMILES string of the molecule is Cc1ccc(C(=O)c2c(NC(=O)COC(=O)Cc3ccc(C)c(C)c3)sc3c2CCCC3)cc1. The van der Waals surface area contributed by atoms with Gasteiger partial charge in [0.2, 0.25) is 0 Å². The molecular formula is C28H29NO4S. The number of fused-ring (bicyclic) bond motifs is 1. The van der Waals surface area contributed by atoms with E-state index in [-0.39, 0.29) is 18.8 Å². The third-order valence-corrected chi connectivity index (χ3v) is 7.46. The van der Waals surface area contributed by atoms with Gasteiger partial charge in [-0.3, -0.25) is 14.4 Å². The molecule has 1 aliphatic rings. The number of aryl methyl sites for hydroxylation is 4. The first-order valence-electron chi connectivity index (χ1n) is 11.6. The van der Waals surface area contributed by atoms with E-state index >= 15 is 0 Å². The van der Waals surface area contributed by atoms with Gasteiger partial charge < -0.3 is 10.1 Å². The summed E-state index contributed by atoms with van der Waals surface area (Å²) in [5.41, 5.74) is 6.43. The highest BCUT2D eigenvalue weighted by atomic mass is 32.1. The fourth-order valence-electron chi connectivity index (χ4n) is 4.18. The van der Waals surface area contributed by atoms with Gasteiger partial charge in [-0.1, -0.05) is 48.0 Å². The van der Waals surface area contributed by atoms with E-state index in [2.05, 4.69) is 5.32 Å². The molecular weight excluding hydrogens is 446 g/mol. The van der Waals surface area contributed by atoms with Gasteiger partial charge in [-0.05, 0) is 68.7 Å². The van der Waals surface area contributed by atoms with Gasteiger partial charge in [-0.25, -0.2) is 0 Å². The number of benzene rings is 2. The average molecular weight is 476 g/mol. The molecule has 1 aliphatic carbocycles. The first kappa shape index (κ1) is 23.9. The number of hydrogen-bond acceptors (Lipinski definition) is 5. The molecule has 3 aromatic rings. The number of rotatable bonds is 7. The van der Waals surface area contributed by atoms with Crippen molar-refractivity contribution >= 4 is 34.0 Å². The van der Waals surface area contributed by atoms with E-state index in [9.17, 15) is 14.4 Å². The zero-order chi connectivity index (χ0) is 24.2. The zero-order valence-corrected chi connectivity index (χ0v) is 20.6. The number of thiophene rings is 1.